The van der Waals surface area contributed by atoms with Crippen LogP contribution in [0.2, 0.25) is 0 Å². The summed E-state index contributed by atoms with van der Waals surface area (Å²) < 4.78 is 9.77. The summed E-state index contributed by atoms with van der Waals surface area (Å²) in [5, 5.41) is 0. The Morgan fingerprint density at radius 3 is 3.06 bits per heavy atom. The zero-order chi connectivity index (χ0) is 12.5. The van der Waals surface area contributed by atoms with E-state index in [1.165, 1.54) is 24.3 Å². The largest absolute Gasteiger partial charge is 0.466 e. The van der Waals surface area contributed by atoms with Crippen LogP contribution >= 0.6 is 0 Å². The van der Waals surface area contributed by atoms with E-state index >= 15 is 0 Å². The number of carbonyl (C=O) groups is 1. The fraction of sp³-hybridized carbons (Fsp3) is 0.500. The second kappa shape index (κ2) is 7.85. The van der Waals surface area contributed by atoms with Gasteiger partial charge in [0.05, 0.1) is 20.3 Å². The van der Waals surface area contributed by atoms with Crippen molar-refractivity contribution in [3.63, 3.8) is 0 Å². The Balaban J connectivity index is 2.31. The Labute approximate surface area is 103 Å². The quantitative estimate of drug-likeness (QED) is 0.418. The van der Waals surface area contributed by atoms with Crippen molar-refractivity contribution >= 4 is 5.97 Å². The van der Waals surface area contributed by atoms with Gasteiger partial charge in [-0.2, -0.15) is 0 Å². The van der Waals surface area contributed by atoms with Crippen LogP contribution in [0.1, 0.15) is 26.2 Å². The lowest BCUT2D eigenvalue weighted by Gasteiger charge is -2.11. The number of hydrogen-bond acceptors (Lipinski definition) is 3. The molecule has 1 rings (SSSR count). The maximum atomic E-state index is 10.8. The number of allylic oxidation sites excluding steroid dienone is 3. The predicted molar refractivity (Wildman–Crippen MR) is 67.7 cm³/mol. The van der Waals surface area contributed by atoms with E-state index in [9.17, 15) is 4.79 Å². The molecule has 0 atom stereocenters. The monoisotopic (exact) mass is 236 g/mol. The van der Waals surface area contributed by atoms with Crippen LogP contribution in [0.25, 0.3) is 0 Å². The molecule has 0 spiro atoms. The maximum Gasteiger partial charge on any atom is 0.330 e. The normalized spacial score (nSPS) is 17.1. The fourth-order valence-corrected chi connectivity index (χ4v) is 1.55. The van der Waals surface area contributed by atoms with Crippen molar-refractivity contribution < 1.29 is 14.3 Å². The highest BCUT2D eigenvalue weighted by molar-refractivity contribution is 5.81. The van der Waals surface area contributed by atoms with Crippen LogP contribution in [-0.2, 0) is 14.3 Å². The lowest BCUT2D eigenvalue weighted by atomic mass is 10.0. The van der Waals surface area contributed by atoms with E-state index in [-0.39, 0.29) is 5.97 Å². The molecule has 0 saturated carbocycles. The summed E-state index contributed by atoms with van der Waals surface area (Å²) in [5.41, 5.74) is 2.70. The van der Waals surface area contributed by atoms with Crippen LogP contribution in [0, 0.1) is 0 Å². The van der Waals surface area contributed by atoms with Crippen LogP contribution in [0.5, 0.6) is 0 Å². The van der Waals surface area contributed by atoms with E-state index in [0.29, 0.717) is 0 Å². The Morgan fingerprint density at radius 1 is 1.59 bits per heavy atom. The third-order valence-electron chi connectivity index (χ3n) is 2.67. The van der Waals surface area contributed by atoms with Crippen molar-refractivity contribution in [1.29, 1.82) is 0 Å². The second-order valence-corrected chi connectivity index (χ2v) is 4.07. The summed E-state index contributed by atoms with van der Waals surface area (Å²) in [5.74, 6) is -0.301. The van der Waals surface area contributed by atoms with Crippen LogP contribution in [0.4, 0.5) is 0 Å². The van der Waals surface area contributed by atoms with Crippen molar-refractivity contribution in [1.82, 2.24) is 0 Å². The van der Waals surface area contributed by atoms with Gasteiger partial charge in [-0.15, -0.1) is 0 Å². The maximum absolute atomic E-state index is 10.8. The first-order valence-electron chi connectivity index (χ1n) is 5.88. The molecule has 0 unspecified atom stereocenters. The standard InChI is InChI=1S/C14H20O3/c1-12(4-3-5-14(15)16-2)6-7-13-8-10-17-11-9-13/h3,5-6,8H,4,7,9-11H2,1-2H3/b5-3+,12-6+. The molecular formula is C14H20O3. The molecule has 3 heteroatoms. The third-order valence-corrected chi connectivity index (χ3v) is 2.67. The third kappa shape index (κ3) is 6.07. The number of methoxy groups -OCH3 is 1. The van der Waals surface area contributed by atoms with E-state index in [1.54, 1.807) is 0 Å². The van der Waals surface area contributed by atoms with Crippen molar-refractivity contribution in [3.8, 4) is 0 Å². The number of rotatable bonds is 5. The van der Waals surface area contributed by atoms with Gasteiger partial charge in [-0.25, -0.2) is 4.79 Å². The van der Waals surface area contributed by atoms with Crippen molar-refractivity contribution in [2.75, 3.05) is 20.3 Å². The van der Waals surface area contributed by atoms with Gasteiger partial charge in [-0.3, -0.25) is 0 Å². The minimum absolute atomic E-state index is 0.301. The van der Waals surface area contributed by atoms with Gasteiger partial charge in [0.15, 0.2) is 0 Å². The highest BCUT2D eigenvalue weighted by atomic mass is 16.5. The number of esters is 1. The highest BCUT2D eigenvalue weighted by Gasteiger charge is 2.01. The van der Waals surface area contributed by atoms with Crippen LogP contribution < -0.4 is 0 Å². The average Bonchev–Trinajstić information content (AvgIpc) is 2.37. The molecule has 0 N–H and O–H groups in total. The Morgan fingerprint density at radius 2 is 2.41 bits per heavy atom. The molecule has 3 nitrogen and oxygen atoms in total. The van der Waals surface area contributed by atoms with Gasteiger partial charge < -0.3 is 9.47 Å². The van der Waals surface area contributed by atoms with Crippen LogP contribution in [0.15, 0.2) is 35.5 Å². The van der Waals surface area contributed by atoms with Crippen molar-refractivity contribution in [3.05, 3.63) is 35.5 Å². The highest BCUT2D eigenvalue weighted by Crippen LogP contribution is 2.14. The number of hydrogen-bond donors (Lipinski definition) is 0. The van der Waals surface area contributed by atoms with Gasteiger partial charge in [0.25, 0.3) is 0 Å². The molecule has 0 saturated heterocycles. The molecule has 0 aliphatic carbocycles. The SMILES string of the molecule is COC(=O)/C=C/C/C(C)=C/CC1=CCOCC1. The van der Waals surface area contributed by atoms with Gasteiger partial charge in [0, 0.05) is 6.08 Å². The van der Waals surface area contributed by atoms with Gasteiger partial charge in [-0.05, 0) is 26.2 Å². The topological polar surface area (TPSA) is 35.5 Å². The number of carbonyl (C=O) groups excluding carboxylic acids is 1. The molecule has 0 radical (unpaired) electrons. The average molecular weight is 236 g/mol. The molecular weight excluding hydrogens is 216 g/mol. The molecule has 17 heavy (non-hydrogen) atoms. The van der Waals surface area contributed by atoms with E-state index in [4.69, 9.17) is 4.74 Å². The zero-order valence-corrected chi connectivity index (χ0v) is 10.6. The van der Waals surface area contributed by atoms with Gasteiger partial charge in [0.2, 0.25) is 0 Å². The smallest absolute Gasteiger partial charge is 0.330 e. The molecule has 0 fully saturated rings. The van der Waals surface area contributed by atoms with Gasteiger partial charge in [0.1, 0.15) is 0 Å². The molecule has 0 bridgehead atoms. The Bertz CT molecular complexity index is 337. The van der Waals surface area contributed by atoms with E-state index in [2.05, 4.69) is 23.8 Å². The molecule has 0 amide bonds. The molecule has 1 aliphatic rings. The van der Waals surface area contributed by atoms with Crippen molar-refractivity contribution in [2.45, 2.75) is 26.2 Å². The minimum Gasteiger partial charge on any atom is -0.466 e. The zero-order valence-electron chi connectivity index (χ0n) is 10.6. The fourth-order valence-electron chi connectivity index (χ4n) is 1.55. The van der Waals surface area contributed by atoms with E-state index in [1.807, 2.05) is 6.08 Å². The second-order valence-electron chi connectivity index (χ2n) is 4.07. The molecule has 94 valence electrons. The van der Waals surface area contributed by atoms with Gasteiger partial charge >= 0.3 is 5.97 Å². The van der Waals surface area contributed by atoms with Crippen LogP contribution in [0.3, 0.4) is 0 Å². The molecule has 1 aliphatic heterocycles. The first-order chi connectivity index (χ1) is 8.22. The molecule has 0 aromatic heterocycles. The Kier molecular flexibility index (Phi) is 6.33. The van der Waals surface area contributed by atoms with Crippen molar-refractivity contribution in [2.24, 2.45) is 0 Å². The predicted octanol–water partition coefficient (Wildman–Crippen LogP) is 2.79. The van der Waals surface area contributed by atoms with Gasteiger partial charge in [-0.1, -0.05) is 29.4 Å². The van der Waals surface area contributed by atoms with E-state index < -0.39 is 0 Å². The summed E-state index contributed by atoms with van der Waals surface area (Å²) in [6, 6.07) is 0. The first kappa shape index (κ1) is 13.7. The lowest BCUT2D eigenvalue weighted by molar-refractivity contribution is -0.134. The van der Waals surface area contributed by atoms with Crippen LogP contribution in [-0.4, -0.2) is 26.3 Å². The summed E-state index contributed by atoms with van der Waals surface area (Å²) in [6.07, 6.45) is 10.5. The summed E-state index contributed by atoms with van der Waals surface area (Å²) >= 11 is 0. The lowest BCUT2D eigenvalue weighted by Crippen LogP contribution is -2.03. The molecule has 1 heterocycles. The number of ether oxygens (including phenoxy) is 2. The first-order valence-corrected chi connectivity index (χ1v) is 5.88. The Hall–Kier alpha value is -1.35. The molecule has 0 aromatic rings. The molecule has 0 aromatic carbocycles. The minimum atomic E-state index is -0.301. The summed E-state index contributed by atoms with van der Waals surface area (Å²) in [7, 11) is 1.38. The summed E-state index contributed by atoms with van der Waals surface area (Å²) in [6.45, 7) is 3.65. The van der Waals surface area contributed by atoms with E-state index in [0.717, 1.165) is 32.5 Å². The summed E-state index contributed by atoms with van der Waals surface area (Å²) in [4.78, 5) is 10.8.